The summed E-state index contributed by atoms with van der Waals surface area (Å²) in [4.78, 5) is 2.56. The number of benzene rings is 1. The van der Waals surface area contributed by atoms with E-state index in [1.165, 1.54) is 18.5 Å². The van der Waals surface area contributed by atoms with E-state index < -0.39 is 0 Å². The first-order valence-corrected chi connectivity index (χ1v) is 7.83. The van der Waals surface area contributed by atoms with E-state index in [-0.39, 0.29) is 0 Å². The lowest BCUT2D eigenvalue weighted by molar-refractivity contribution is 0.306. The quantitative estimate of drug-likeness (QED) is 0.893. The van der Waals surface area contributed by atoms with Crippen molar-refractivity contribution in [1.29, 1.82) is 0 Å². The zero-order chi connectivity index (χ0) is 14.5. The molecule has 3 atom stereocenters. The summed E-state index contributed by atoms with van der Waals surface area (Å²) in [7, 11) is 1.72. The van der Waals surface area contributed by atoms with Crippen LogP contribution in [0.3, 0.4) is 0 Å². The monoisotopic (exact) mass is 276 g/mol. The number of piperazine rings is 1. The van der Waals surface area contributed by atoms with Crippen LogP contribution >= 0.6 is 0 Å². The molecule has 1 saturated heterocycles. The number of anilines is 1. The average molecular weight is 276 g/mol. The van der Waals surface area contributed by atoms with Crippen molar-refractivity contribution in [1.82, 2.24) is 5.32 Å². The Bertz CT molecular complexity index is 404. The molecule has 3 unspecified atom stereocenters. The first kappa shape index (κ1) is 15.2. The van der Waals surface area contributed by atoms with Gasteiger partial charge in [0.1, 0.15) is 5.75 Å². The van der Waals surface area contributed by atoms with E-state index in [4.69, 9.17) is 4.74 Å². The Labute approximate surface area is 123 Å². The molecule has 0 bridgehead atoms. The van der Waals surface area contributed by atoms with Gasteiger partial charge in [-0.1, -0.05) is 27.2 Å². The van der Waals surface area contributed by atoms with Crippen LogP contribution in [0.5, 0.6) is 5.75 Å². The van der Waals surface area contributed by atoms with Crippen molar-refractivity contribution in [3.63, 3.8) is 0 Å². The van der Waals surface area contributed by atoms with Crippen LogP contribution in [0.4, 0.5) is 5.69 Å². The van der Waals surface area contributed by atoms with Crippen molar-refractivity contribution in [3.05, 3.63) is 24.3 Å². The zero-order valence-electron chi connectivity index (χ0n) is 13.2. The molecule has 1 aliphatic rings. The normalized spacial score (nSPS) is 24.5. The fourth-order valence-corrected chi connectivity index (χ4v) is 2.94. The van der Waals surface area contributed by atoms with E-state index in [9.17, 15) is 0 Å². The van der Waals surface area contributed by atoms with E-state index in [1.54, 1.807) is 7.11 Å². The average Bonchev–Trinajstić information content (AvgIpc) is 2.53. The van der Waals surface area contributed by atoms with Gasteiger partial charge in [-0.25, -0.2) is 0 Å². The van der Waals surface area contributed by atoms with E-state index in [0.717, 1.165) is 18.8 Å². The molecule has 3 nitrogen and oxygen atoms in total. The predicted octanol–water partition coefficient (Wildman–Crippen LogP) is 3.30. The number of nitrogens with zero attached hydrogens (tertiary/aromatic N) is 1. The number of methoxy groups -OCH3 is 1. The zero-order valence-corrected chi connectivity index (χ0v) is 13.2. The van der Waals surface area contributed by atoms with Gasteiger partial charge >= 0.3 is 0 Å². The van der Waals surface area contributed by atoms with Crippen molar-refractivity contribution in [2.75, 3.05) is 25.1 Å². The third-order valence-electron chi connectivity index (χ3n) is 4.66. The van der Waals surface area contributed by atoms with Crippen LogP contribution in [0.25, 0.3) is 0 Å². The van der Waals surface area contributed by atoms with Gasteiger partial charge in [0.2, 0.25) is 0 Å². The van der Waals surface area contributed by atoms with Gasteiger partial charge in [-0.2, -0.15) is 0 Å². The minimum atomic E-state index is 0.587. The van der Waals surface area contributed by atoms with Crippen molar-refractivity contribution >= 4 is 5.69 Å². The maximum atomic E-state index is 5.26. The molecule has 1 N–H and O–H groups in total. The van der Waals surface area contributed by atoms with E-state index in [0.29, 0.717) is 18.0 Å². The molecule has 0 amide bonds. The van der Waals surface area contributed by atoms with Crippen LogP contribution in [0.1, 0.15) is 33.6 Å². The van der Waals surface area contributed by atoms with Gasteiger partial charge in [0, 0.05) is 30.9 Å². The highest BCUT2D eigenvalue weighted by molar-refractivity contribution is 5.50. The molecule has 1 aliphatic heterocycles. The molecule has 0 radical (unpaired) electrons. The second-order valence-corrected chi connectivity index (χ2v) is 5.81. The topological polar surface area (TPSA) is 24.5 Å². The van der Waals surface area contributed by atoms with Crippen molar-refractivity contribution in [2.45, 2.75) is 45.7 Å². The van der Waals surface area contributed by atoms with E-state index >= 15 is 0 Å². The molecule has 1 heterocycles. The second kappa shape index (κ2) is 6.98. The Morgan fingerprint density at radius 2 is 2.00 bits per heavy atom. The third kappa shape index (κ3) is 3.26. The summed E-state index contributed by atoms with van der Waals surface area (Å²) >= 11 is 0. The molecule has 0 aromatic heterocycles. The lowest BCUT2D eigenvalue weighted by Gasteiger charge is -2.43. The third-order valence-corrected chi connectivity index (χ3v) is 4.66. The van der Waals surface area contributed by atoms with Gasteiger partial charge in [-0.15, -0.1) is 0 Å². The smallest absolute Gasteiger partial charge is 0.119 e. The Morgan fingerprint density at radius 3 is 2.55 bits per heavy atom. The van der Waals surface area contributed by atoms with Gasteiger partial charge in [-0.3, -0.25) is 0 Å². The summed E-state index contributed by atoms with van der Waals surface area (Å²) < 4.78 is 5.26. The summed E-state index contributed by atoms with van der Waals surface area (Å²) in [5.41, 5.74) is 1.31. The number of nitrogens with one attached hydrogen (secondary N) is 1. The molecule has 1 aromatic carbocycles. The van der Waals surface area contributed by atoms with Crippen molar-refractivity contribution in [3.8, 4) is 5.75 Å². The molecule has 1 fully saturated rings. The number of ether oxygens (including phenoxy) is 1. The van der Waals surface area contributed by atoms with Gasteiger partial charge in [0.05, 0.1) is 7.11 Å². The first-order valence-electron chi connectivity index (χ1n) is 7.83. The fourth-order valence-electron chi connectivity index (χ4n) is 2.94. The van der Waals surface area contributed by atoms with Crippen LogP contribution in [-0.2, 0) is 0 Å². The largest absolute Gasteiger partial charge is 0.497 e. The molecule has 0 aliphatic carbocycles. The van der Waals surface area contributed by atoms with Crippen LogP contribution in [0, 0.1) is 5.92 Å². The lowest BCUT2D eigenvalue weighted by atomic mass is 9.94. The Kier molecular flexibility index (Phi) is 5.30. The SMILES string of the molecule is CCC(C)C1CN(c2ccc(OC)cc2)C(CC)CN1. The fraction of sp³-hybridized carbons (Fsp3) is 0.647. The maximum absolute atomic E-state index is 5.26. The van der Waals surface area contributed by atoms with Crippen LogP contribution in [0.2, 0.25) is 0 Å². The summed E-state index contributed by atoms with van der Waals surface area (Å²) in [6.45, 7) is 9.07. The molecule has 2 rings (SSSR count). The molecule has 0 saturated carbocycles. The van der Waals surface area contributed by atoms with Crippen molar-refractivity contribution < 1.29 is 4.74 Å². The number of rotatable bonds is 5. The number of hydrogen-bond donors (Lipinski definition) is 1. The lowest BCUT2D eigenvalue weighted by Crippen LogP contribution is -2.58. The van der Waals surface area contributed by atoms with E-state index in [1.807, 2.05) is 0 Å². The summed E-state index contributed by atoms with van der Waals surface area (Å²) in [5.74, 6) is 1.64. The molecule has 0 spiro atoms. The van der Waals surface area contributed by atoms with E-state index in [2.05, 4.69) is 55.3 Å². The summed E-state index contributed by atoms with van der Waals surface area (Å²) in [5, 5.41) is 3.73. The minimum absolute atomic E-state index is 0.587. The van der Waals surface area contributed by atoms with Gasteiger partial charge in [0.15, 0.2) is 0 Å². The second-order valence-electron chi connectivity index (χ2n) is 5.81. The van der Waals surface area contributed by atoms with Crippen LogP contribution < -0.4 is 15.0 Å². The molecule has 3 heteroatoms. The highest BCUT2D eigenvalue weighted by Gasteiger charge is 2.29. The highest BCUT2D eigenvalue weighted by atomic mass is 16.5. The number of hydrogen-bond acceptors (Lipinski definition) is 3. The molecular weight excluding hydrogens is 248 g/mol. The Morgan fingerprint density at radius 1 is 1.30 bits per heavy atom. The molecule has 20 heavy (non-hydrogen) atoms. The highest BCUT2D eigenvalue weighted by Crippen LogP contribution is 2.26. The van der Waals surface area contributed by atoms with Gasteiger partial charge in [0.25, 0.3) is 0 Å². The standard InChI is InChI=1S/C17H28N2O/c1-5-13(3)17-12-19(14(6-2)11-18-17)15-7-9-16(20-4)10-8-15/h7-10,13-14,17-18H,5-6,11-12H2,1-4H3. The predicted molar refractivity (Wildman–Crippen MR) is 85.7 cm³/mol. The van der Waals surface area contributed by atoms with Gasteiger partial charge in [-0.05, 0) is 36.6 Å². The summed E-state index contributed by atoms with van der Waals surface area (Å²) in [6, 6.07) is 9.65. The molecule has 1 aromatic rings. The Balaban J connectivity index is 2.15. The summed E-state index contributed by atoms with van der Waals surface area (Å²) in [6.07, 6.45) is 2.40. The van der Waals surface area contributed by atoms with Crippen LogP contribution in [0.15, 0.2) is 24.3 Å². The molecular formula is C17H28N2O. The van der Waals surface area contributed by atoms with Crippen molar-refractivity contribution in [2.24, 2.45) is 5.92 Å². The Hall–Kier alpha value is -1.22. The minimum Gasteiger partial charge on any atom is -0.497 e. The maximum Gasteiger partial charge on any atom is 0.119 e. The first-order chi connectivity index (χ1) is 9.69. The van der Waals surface area contributed by atoms with Gasteiger partial charge < -0.3 is 15.0 Å². The molecule has 112 valence electrons. The van der Waals surface area contributed by atoms with Crippen LogP contribution in [-0.4, -0.2) is 32.3 Å².